The molecule has 1 heterocycles. The minimum atomic E-state index is -3.24. The van der Waals surface area contributed by atoms with Gasteiger partial charge in [-0.3, -0.25) is 0 Å². The van der Waals surface area contributed by atoms with E-state index < -0.39 is 15.6 Å². The van der Waals surface area contributed by atoms with Crippen LogP contribution >= 0.6 is 0 Å². The van der Waals surface area contributed by atoms with Crippen LogP contribution in [0.3, 0.4) is 0 Å². The summed E-state index contributed by atoms with van der Waals surface area (Å²) in [7, 11) is -3.24. The first kappa shape index (κ1) is 13.9. The number of piperidine rings is 1. The first-order valence-corrected chi connectivity index (χ1v) is 7.33. The molecule has 1 aliphatic rings. The minimum Gasteiger partial charge on any atom is -0.389 e. The molecule has 1 atom stereocenters. The van der Waals surface area contributed by atoms with Gasteiger partial charge in [-0.05, 0) is 25.2 Å². The van der Waals surface area contributed by atoms with E-state index in [1.165, 1.54) is 4.31 Å². The number of sulfonamides is 1. The van der Waals surface area contributed by atoms with E-state index >= 15 is 0 Å². The largest absolute Gasteiger partial charge is 0.389 e. The number of rotatable bonds is 2. The van der Waals surface area contributed by atoms with Crippen molar-refractivity contribution in [1.29, 1.82) is 0 Å². The Morgan fingerprint density at radius 1 is 1.38 bits per heavy atom. The molecule has 0 aromatic heterocycles. The van der Waals surface area contributed by atoms with Crippen molar-refractivity contribution >= 4 is 10.0 Å². The third-order valence-corrected chi connectivity index (χ3v) is 4.98. The number of β-amino-alcohol motifs (C(OH)–C–C–N with tert-alkyl or cyclic N) is 1. The molecule has 1 aliphatic heterocycles. The molecule has 96 valence electrons. The second-order valence-electron chi connectivity index (χ2n) is 6.25. The van der Waals surface area contributed by atoms with E-state index in [1.54, 1.807) is 6.92 Å². The van der Waals surface area contributed by atoms with E-state index in [4.69, 9.17) is 0 Å². The molecular formula is C11H23NO3S. The van der Waals surface area contributed by atoms with Crippen molar-refractivity contribution in [2.45, 2.75) is 46.1 Å². The topological polar surface area (TPSA) is 57.6 Å². The molecule has 0 radical (unpaired) electrons. The summed E-state index contributed by atoms with van der Waals surface area (Å²) in [5, 5.41) is 9.90. The van der Waals surface area contributed by atoms with E-state index in [2.05, 4.69) is 0 Å². The monoisotopic (exact) mass is 249 g/mol. The van der Waals surface area contributed by atoms with Crippen molar-refractivity contribution in [1.82, 2.24) is 4.31 Å². The predicted molar refractivity (Wildman–Crippen MR) is 64.7 cm³/mol. The van der Waals surface area contributed by atoms with Crippen molar-refractivity contribution in [3.05, 3.63) is 0 Å². The molecule has 0 aromatic rings. The van der Waals surface area contributed by atoms with Crippen molar-refractivity contribution in [2.24, 2.45) is 5.41 Å². The fourth-order valence-corrected chi connectivity index (χ4v) is 4.21. The molecule has 4 nitrogen and oxygen atoms in total. The van der Waals surface area contributed by atoms with Crippen molar-refractivity contribution in [3.8, 4) is 0 Å². The number of hydrogen-bond acceptors (Lipinski definition) is 3. The highest BCUT2D eigenvalue weighted by molar-refractivity contribution is 7.89. The van der Waals surface area contributed by atoms with Gasteiger partial charge in [-0.1, -0.05) is 20.8 Å². The second-order valence-corrected chi connectivity index (χ2v) is 8.22. The first-order chi connectivity index (χ1) is 7.02. The Bertz CT molecular complexity index is 341. The lowest BCUT2D eigenvalue weighted by molar-refractivity contribution is 0.00921. The maximum Gasteiger partial charge on any atom is 0.214 e. The van der Waals surface area contributed by atoms with Gasteiger partial charge in [0, 0.05) is 13.1 Å². The summed E-state index contributed by atoms with van der Waals surface area (Å²) in [6, 6.07) is 0. The lowest BCUT2D eigenvalue weighted by Crippen LogP contribution is -2.50. The number of aliphatic hydroxyl groups is 1. The lowest BCUT2D eigenvalue weighted by Gasteiger charge is -2.37. The number of hydrogen-bond donors (Lipinski definition) is 1. The molecule has 0 amide bonds. The van der Waals surface area contributed by atoms with Crippen LogP contribution in [0.5, 0.6) is 0 Å². The van der Waals surface area contributed by atoms with Crippen LogP contribution in [-0.4, -0.2) is 42.3 Å². The normalized spacial score (nSPS) is 29.3. The highest BCUT2D eigenvalue weighted by Crippen LogP contribution is 2.25. The zero-order chi connectivity index (χ0) is 12.6. The van der Waals surface area contributed by atoms with Crippen LogP contribution < -0.4 is 0 Å². The molecule has 5 heteroatoms. The zero-order valence-electron chi connectivity index (χ0n) is 10.7. The van der Waals surface area contributed by atoms with Crippen LogP contribution in [0.25, 0.3) is 0 Å². The first-order valence-electron chi connectivity index (χ1n) is 5.72. The van der Waals surface area contributed by atoms with Gasteiger partial charge in [0.2, 0.25) is 10.0 Å². The molecule has 1 N–H and O–H groups in total. The quantitative estimate of drug-likeness (QED) is 0.800. The van der Waals surface area contributed by atoms with Crippen LogP contribution in [-0.2, 0) is 10.0 Å². The predicted octanol–water partition coefficient (Wildman–Crippen LogP) is 1.21. The molecule has 0 bridgehead atoms. The fraction of sp³-hybridized carbons (Fsp3) is 1.00. The third kappa shape index (κ3) is 4.03. The van der Waals surface area contributed by atoms with E-state index in [0.29, 0.717) is 13.0 Å². The summed E-state index contributed by atoms with van der Waals surface area (Å²) in [6.45, 7) is 8.19. The average Bonchev–Trinajstić information content (AvgIpc) is 1.97. The lowest BCUT2D eigenvalue weighted by atomic mass is 9.97. The van der Waals surface area contributed by atoms with Gasteiger partial charge < -0.3 is 5.11 Å². The summed E-state index contributed by atoms with van der Waals surface area (Å²) in [6.07, 6.45) is 1.41. The molecule has 1 saturated heterocycles. The van der Waals surface area contributed by atoms with Gasteiger partial charge in [-0.25, -0.2) is 8.42 Å². The Morgan fingerprint density at radius 3 is 2.38 bits per heavy atom. The van der Waals surface area contributed by atoms with Crippen LogP contribution in [0.1, 0.15) is 40.5 Å². The SMILES string of the molecule is CC(C)(C)CS(=O)(=O)N1CCCC(C)(O)C1. The van der Waals surface area contributed by atoms with Crippen LogP contribution in [0.15, 0.2) is 0 Å². The Kier molecular flexibility index (Phi) is 3.72. The average molecular weight is 249 g/mol. The molecule has 16 heavy (non-hydrogen) atoms. The fourth-order valence-electron chi connectivity index (χ4n) is 2.05. The Hall–Kier alpha value is -0.130. The van der Waals surface area contributed by atoms with Crippen LogP contribution in [0, 0.1) is 5.41 Å². The van der Waals surface area contributed by atoms with Crippen LogP contribution in [0.4, 0.5) is 0 Å². The van der Waals surface area contributed by atoms with Crippen molar-refractivity contribution in [3.63, 3.8) is 0 Å². The third-order valence-electron chi connectivity index (χ3n) is 2.65. The molecule has 0 saturated carbocycles. The van der Waals surface area contributed by atoms with Gasteiger partial charge in [0.1, 0.15) is 0 Å². The summed E-state index contributed by atoms with van der Waals surface area (Å²) >= 11 is 0. The van der Waals surface area contributed by atoms with Gasteiger partial charge in [-0.15, -0.1) is 0 Å². The molecule has 0 aromatic carbocycles. The van der Waals surface area contributed by atoms with Crippen LogP contribution in [0.2, 0.25) is 0 Å². The highest BCUT2D eigenvalue weighted by Gasteiger charge is 2.36. The van der Waals surface area contributed by atoms with Gasteiger partial charge >= 0.3 is 0 Å². The summed E-state index contributed by atoms with van der Waals surface area (Å²) in [4.78, 5) is 0. The summed E-state index contributed by atoms with van der Waals surface area (Å²) in [5.41, 5.74) is -1.12. The van der Waals surface area contributed by atoms with E-state index in [0.717, 1.165) is 6.42 Å². The van der Waals surface area contributed by atoms with Gasteiger partial charge in [-0.2, -0.15) is 4.31 Å². The molecule has 1 fully saturated rings. The molecule has 1 rings (SSSR count). The van der Waals surface area contributed by atoms with E-state index in [9.17, 15) is 13.5 Å². The zero-order valence-corrected chi connectivity index (χ0v) is 11.5. The molecular weight excluding hydrogens is 226 g/mol. The maximum atomic E-state index is 12.1. The standard InChI is InChI=1S/C11H23NO3S/c1-10(2,3)9-16(14,15)12-7-5-6-11(4,13)8-12/h13H,5-9H2,1-4H3. The molecule has 1 unspecified atom stereocenters. The Balaban J connectivity index is 2.77. The molecule has 0 spiro atoms. The smallest absolute Gasteiger partial charge is 0.214 e. The summed E-state index contributed by atoms with van der Waals surface area (Å²) < 4.78 is 25.6. The highest BCUT2D eigenvalue weighted by atomic mass is 32.2. The Labute approximate surface area is 98.7 Å². The Morgan fingerprint density at radius 2 is 1.94 bits per heavy atom. The minimum absolute atomic E-state index is 0.135. The summed E-state index contributed by atoms with van der Waals surface area (Å²) in [5.74, 6) is 0.135. The maximum absolute atomic E-state index is 12.1. The van der Waals surface area contributed by atoms with Crippen molar-refractivity contribution < 1.29 is 13.5 Å². The van der Waals surface area contributed by atoms with Gasteiger partial charge in [0.15, 0.2) is 0 Å². The van der Waals surface area contributed by atoms with Gasteiger partial charge in [0.05, 0.1) is 11.4 Å². The van der Waals surface area contributed by atoms with Gasteiger partial charge in [0.25, 0.3) is 0 Å². The van der Waals surface area contributed by atoms with E-state index in [1.807, 2.05) is 20.8 Å². The van der Waals surface area contributed by atoms with E-state index in [-0.39, 0.29) is 17.7 Å². The van der Waals surface area contributed by atoms with Crippen molar-refractivity contribution in [2.75, 3.05) is 18.8 Å². The molecule has 0 aliphatic carbocycles. The second kappa shape index (κ2) is 4.27. The number of nitrogens with zero attached hydrogens (tertiary/aromatic N) is 1.